The second-order valence-corrected chi connectivity index (χ2v) is 4.06. The zero-order valence-corrected chi connectivity index (χ0v) is 9.53. The molecule has 0 aromatic heterocycles. The Bertz CT molecular complexity index is 129. The van der Waals surface area contributed by atoms with Crippen LogP contribution in [0, 0.1) is 0 Å². The normalized spacial score (nSPS) is 12.8. The van der Waals surface area contributed by atoms with E-state index in [9.17, 15) is 0 Å². The van der Waals surface area contributed by atoms with Crippen LogP contribution in [0.25, 0.3) is 0 Å². The smallest absolute Gasteiger partial charge is 0.00388 e. The standard InChI is InChI=1S/C12H25N/c1-5-6-7-8-12(4)13-10-9-11(2)3/h12-13H,2,5-10H2,1,3-4H3. The molecule has 1 heteroatoms. The Morgan fingerprint density at radius 3 is 2.62 bits per heavy atom. The summed E-state index contributed by atoms with van der Waals surface area (Å²) >= 11 is 0. The topological polar surface area (TPSA) is 12.0 Å². The first kappa shape index (κ1) is 12.7. The molecule has 0 fully saturated rings. The summed E-state index contributed by atoms with van der Waals surface area (Å²) < 4.78 is 0. The zero-order chi connectivity index (χ0) is 10.1. The number of unbranched alkanes of at least 4 members (excludes halogenated alkanes) is 2. The van der Waals surface area contributed by atoms with Crippen molar-refractivity contribution in [2.75, 3.05) is 6.54 Å². The van der Waals surface area contributed by atoms with Gasteiger partial charge in [-0.15, -0.1) is 6.58 Å². The van der Waals surface area contributed by atoms with Gasteiger partial charge >= 0.3 is 0 Å². The molecule has 1 N–H and O–H groups in total. The minimum absolute atomic E-state index is 0.672. The van der Waals surface area contributed by atoms with Gasteiger partial charge in [0, 0.05) is 6.04 Å². The monoisotopic (exact) mass is 183 g/mol. The highest BCUT2D eigenvalue weighted by Crippen LogP contribution is 2.03. The zero-order valence-electron chi connectivity index (χ0n) is 9.53. The molecule has 0 saturated carbocycles. The fourth-order valence-corrected chi connectivity index (χ4v) is 1.33. The molecule has 0 heterocycles. The Balaban J connectivity index is 3.19. The van der Waals surface area contributed by atoms with E-state index in [0.717, 1.165) is 13.0 Å². The molecule has 0 aromatic carbocycles. The summed E-state index contributed by atoms with van der Waals surface area (Å²) in [5.74, 6) is 0. The van der Waals surface area contributed by atoms with Crippen molar-refractivity contribution in [2.45, 2.75) is 58.9 Å². The number of rotatable bonds is 8. The molecule has 1 nitrogen and oxygen atoms in total. The molecule has 13 heavy (non-hydrogen) atoms. The van der Waals surface area contributed by atoms with Crippen molar-refractivity contribution >= 4 is 0 Å². The van der Waals surface area contributed by atoms with E-state index in [1.807, 2.05) is 0 Å². The van der Waals surface area contributed by atoms with E-state index in [4.69, 9.17) is 0 Å². The number of nitrogens with one attached hydrogen (secondary N) is 1. The molecule has 0 amide bonds. The van der Waals surface area contributed by atoms with Crippen LogP contribution in [0.3, 0.4) is 0 Å². The van der Waals surface area contributed by atoms with E-state index in [0.29, 0.717) is 6.04 Å². The van der Waals surface area contributed by atoms with Crippen molar-refractivity contribution in [3.8, 4) is 0 Å². The quantitative estimate of drug-likeness (QED) is 0.448. The van der Waals surface area contributed by atoms with Gasteiger partial charge in [0.05, 0.1) is 0 Å². The first-order valence-electron chi connectivity index (χ1n) is 5.54. The Kier molecular flexibility index (Phi) is 8.11. The summed E-state index contributed by atoms with van der Waals surface area (Å²) in [6, 6.07) is 0.672. The van der Waals surface area contributed by atoms with Gasteiger partial charge in [-0.3, -0.25) is 0 Å². The van der Waals surface area contributed by atoms with Crippen LogP contribution in [0.15, 0.2) is 12.2 Å². The maximum Gasteiger partial charge on any atom is 0.00388 e. The van der Waals surface area contributed by atoms with Crippen molar-refractivity contribution in [2.24, 2.45) is 0 Å². The fourth-order valence-electron chi connectivity index (χ4n) is 1.33. The molecule has 78 valence electrons. The minimum atomic E-state index is 0.672. The summed E-state index contributed by atoms with van der Waals surface area (Å²) in [5, 5.41) is 3.51. The second kappa shape index (κ2) is 8.31. The highest BCUT2D eigenvalue weighted by atomic mass is 14.9. The first-order valence-corrected chi connectivity index (χ1v) is 5.54. The van der Waals surface area contributed by atoms with Gasteiger partial charge in [0.1, 0.15) is 0 Å². The van der Waals surface area contributed by atoms with E-state index in [2.05, 4.69) is 32.7 Å². The Morgan fingerprint density at radius 2 is 2.08 bits per heavy atom. The molecule has 1 unspecified atom stereocenters. The molecule has 0 aromatic rings. The third-order valence-corrected chi connectivity index (χ3v) is 2.29. The molecule has 0 spiro atoms. The molecular formula is C12H25N. The van der Waals surface area contributed by atoms with Crippen LogP contribution >= 0.6 is 0 Å². The van der Waals surface area contributed by atoms with E-state index in [1.165, 1.54) is 31.3 Å². The van der Waals surface area contributed by atoms with Crippen LogP contribution in [-0.4, -0.2) is 12.6 Å². The van der Waals surface area contributed by atoms with E-state index < -0.39 is 0 Å². The van der Waals surface area contributed by atoms with Gasteiger partial charge in [-0.1, -0.05) is 31.8 Å². The SMILES string of the molecule is C=C(C)CCNC(C)CCCCC. The molecular weight excluding hydrogens is 158 g/mol. The first-order chi connectivity index (χ1) is 6.16. The van der Waals surface area contributed by atoms with Crippen molar-refractivity contribution in [3.63, 3.8) is 0 Å². The third-order valence-electron chi connectivity index (χ3n) is 2.29. The molecule has 0 radical (unpaired) electrons. The van der Waals surface area contributed by atoms with Gasteiger partial charge in [0.2, 0.25) is 0 Å². The molecule has 0 aliphatic carbocycles. The third kappa shape index (κ3) is 9.62. The lowest BCUT2D eigenvalue weighted by Gasteiger charge is -2.13. The van der Waals surface area contributed by atoms with Crippen LogP contribution in [0.1, 0.15) is 52.9 Å². The molecule has 1 atom stereocenters. The molecule has 0 saturated heterocycles. The highest BCUT2D eigenvalue weighted by molar-refractivity contribution is 4.88. The van der Waals surface area contributed by atoms with Crippen LogP contribution in [-0.2, 0) is 0 Å². The number of hydrogen-bond acceptors (Lipinski definition) is 1. The average Bonchev–Trinajstić information content (AvgIpc) is 2.04. The lowest BCUT2D eigenvalue weighted by atomic mass is 10.1. The summed E-state index contributed by atoms with van der Waals surface area (Å²) in [4.78, 5) is 0. The highest BCUT2D eigenvalue weighted by Gasteiger charge is 1.99. The van der Waals surface area contributed by atoms with Crippen LogP contribution in [0.5, 0.6) is 0 Å². The molecule has 0 rings (SSSR count). The van der Waals surface area contributed by atoms with Gasteiger partial charge in [0.15, 0.2) is 0 Å². The van der Waals surface area contributed by atoms with E-state index >= 15 is 0 Å². The Labute approximate surface area is 83.6 Å². The summed E-state index contributed by atoms with van der Waals surface area (Å²) in [7, 11) is 0. The van der Waals surface area contributed by atoms with Crippen molar-refractivity contribution in [1.29, 1.82) is 0 Å². The average molecular weight is 183 g/mol. The number of hydrogen-bond donors (Lipinski definition) is 1. The molecule has 0 bridgehead atoms. The van der Waals surface area contributed by atoms with Gasteiger partial charge in [0.25, 0.3) is 0 Å². The van der Waals surface area contributed by atoms with Crippen molar-refractivity contribution in [1.82, 2.24) is 5.32 Å². The maximum atomic E-state index is 3.89. The largest absolute Gasteiger partial charge is 0.314 e. The van der Waals surface area contributed by atoms with Crippen LogP contribution < -0.4 is 5.32 Å². The Morgan fingerprint density at radius 1 is 1.38 bits per heavy atom. The van der Waals surface area contributed by atoms with E-state index in [1.54, 1.807) is 0 Å². The summed E-state index contributed by atoms with van der Waals surface area (Å²) in [5.41, 5.74) is 1.27. The fraction of sp³-hybridized carbons (Fsp3) is 0.833. The van der Waals surface area contributed by atoms with Gasteiger partial charge in [-0.2, -0.15) is 0 Å². The predicted molar refractivity (Wildman–Crippen MR) is 61.0 cm³/mol. The Hall–Kier alpha value is -0.300. The van der Waals surface area contributed by atoms with Crippen LogP contribution in [0.2, 0.25) is 0 Å². The molecule has 0 aliphatic heterocycles. The predicted octanol–water partition coefficient (Wildman–Crippen LogP) is 3.51. The van der Waals surface area contributed by atoms with Gasteiger partial charge in [-0.25, -0.2) is 0 Å². The van der Waals surface area contributed by atoms with Gasteiger partial charge in [-0.05, 0) is 33.2 Å². The van der Waals surface area contributed by atoms with Gasteiger partial charge < -0.3 is 5.32 Å². The minimum Gasteiger partial charge on any atom is -0.314 e. The van der Waals surface area contributed by atoms with E-state index in [-0.39, 0.29) is 0 Å². The summed E-state index contributed by atoms with van der Waals surface area (Å²) in [6.07, 6.45) is 6.46. The maximum absolute atomic E-state index is 3.89. The molecule has 0 aliphatic rings. The second-order valence-electron chi connectivity index (χ2n) is 4.06. The lowest BCUT2D eigenvalue weighted by molar-refractivity contribution is 0.490. The van der Waals surface area contributed by atoms with Crippen molar-refractivity contribution in [3.05, 3.63) is 12.2 Å². The van der Waals surface area contributed by atoms with Crippen molar-refractivity contribution < 1.29 is 0 Å². The van der Waals surface area contributed by atoms with Crippen LogP contribution in [0.4, 0.5) is 0 Å². The lowest BCUT2D eigenvalue weighted by Crippen LogP contribution is -2.26. The summed E-state index contributed by atoms with van der Waals surface area (Å²) in [6.45, 7) is 11.6.